The summed E-state index contributed by atoms with van der Waals surface area (Å²) >= 11 is 1.39. The second-order valence-corrected chi connectivity index (χ2v) is 5.74. The van der Waals surface area contributed by atoms with Crippen molar-refractivity contribution in [2.24, 2.45) is 10.7 Å². The van der Waals surface area contributed by atoms with Crippen molar-refractivity contribution in [2.45, 2.75) is 19.2 Å². The van der Waals surface area contributed by atoms with Crippen molar-refractivity contribution in [1.82, 2.24) is 0 Å². The summed E-state index contributed by atoms with van der Waals surface area (Å²) in [6.07, 6.45) is 0. The molecule has 0 atom stereocenters. The summed E-state index contributed by atoms with van der Waals surface area (Å²) in [7, 11) is 0. The van der Waals surface area contributed by atoms with Crippen molar-refractivity contribution in [3.63, 3.8) is 0 Å². The average molecular weight is 352 g/mol. The molecule has 0 aliphatic heterocycles. The third-order valence-corrected chi connectivity index (χ3v) is 4.13. The highest BCUT2D eigenvalue weighted by Gasteiger charge is 2.13. The lowest BCUT2D eigenvalue weighted by Gasteiger charge is -2.06. The lowest BCUT2D eigenvalue weighted by Crippen LogP contribution is -2.08. The molecule has 0 aliphatic rings. The molecule has 2 aromatic rings. The Labute approximate surface area is 145 Å². The summed E-state index contributed by atoms with van der Waals surface area (Å²) in [6, 6.07) is 14.9. The van der Waals surface area contributed by atoms with Crippen LogP contribution in [0, 0.1) is 17.0 Å². The van der Waals surface area contributed by atoms with E-state index in [0.29, 0.717) is 23.0 Å². The number of hydrogen-bond donors (Lipinski definition) is 1. The van der Waals surface area contributed by atoms with E-state index in [-0.39, 0.29) is 23.0 Å². The standard InChI is InChI=1S/C16H17N3O2S.ClH/c1-12-14(8-5-9-15(12)19(20)21)11-22-16(17)18-10-13-6-3-2-4-7-13;/h2-9H,10-11H2,1H3,(H2,17,18);1H. The lowest BCUT2D eigenvalue weighted by atomic mass is 10.1. The highest BCUT2D eigenvalue weighted by molar-refractivity contribution is 8.13. The number of aliphatic imine (C=N–C) groups is 1. The van der Waals surface area contributed by atoms with Gasteiger partial charge in [-0.3, -0.25) is 15.1 Å². The van der Waals surface area contributed by atoms with Crippen LogP contribution in [0.1, 0.15) is 16.7 Å². The van der Waals surface area contributed by atoms with Crippen LogP contribution in [-0.2, 0) is 12.3 Å². The van der Waals surface area contributed by atoms with E-state index in [1.165, 1.54) is 17.8 Å². The molecule has 0 spiro atoms. The van der Waals surface area contributed by atoms with Gasteiger partial charge < -0.3 is 5.73 Å². The molecule has 0 radical (unpaired) electrons. The van der Waals surface area contributed by atoms with Gasteiger partial charge in [-0.15, -0.1) is 12.4 Å². The zero-order valence-corrected chi connectivity index (χ0v) is 14.3. The molecule has 0 amide bonds. The van der Waals surface area contributed by atoms with E-state index in [0.717, 1.165) is 11.1 Å². The number of nitrogens with two attached hydrogens (primary N) is 1. The second-order valence-electron chi connectivity index (χ2n) is 4.75. The Morgan fingerprint density at radius 2 is 1.91 bits per heavy atom. The number of amidine groups is 1. The first-order valence-electron chi connectivity index (χ1n) is 6.77. The van der Waals surface area contributed by atoms with Crippen LogP contribution in [0.5, 0.6) is 0 Å². The maximum absolute atomic E-state index is 10.9. The van der Waals surface area contributed by atoms with Crippen LogP contribution in [0.4, 0.5) is 5.69 Å². The van der Waals surface area contributed by atoms with Crippen molar-refractivity contribution in [3.8, 4) is 0 Å². The first-order chi connectivity index (χ1) is 10.6. The normalized spacial score (nSPS) is 10.9. The topological polar surface area (TPSA) is 81.5 Å². The molecule has 0 fully saturated rings. The first kappa shape index (κ1) is 19.0. The van der Waals surface area contributed by atoms with E-state index in [1.54, 1.807) is 13.0 Å². The predicted octanol–water partition coefficient (Wildman–Crippen LogP) is 4.07. The van der Waals surface area contributed by atoms with E-state index in [1.807, 2.05) is 36.4 Å². The fourth-order valence-corrected chi connectivity index (χ4v) is 2.75. The quantitative estimate of drug-likeness (QED) is 0.381. The molecule has 2 aromatic carbocycles. The van der Waals surface area contributed by atoms with Crippen LogP contribution in [0.15, 0.2) is 53.5 Å². The van der Waals surface area contributed by atoms with Gasteiger partial charge >= 0.3 is 0 Å². The number of nitro benzene ring substituents is 1. The SMILES string of the molecule is Cc1c(CSC(N)=NCc2ccccc2)cccc1[N+](=O)[O-].Cl. The highest BCUT2D eigenvalue weighted by Crippen LogP contribution is 2.24. The first-order valence-corrected chi connectivity index (χ1v) is 7.76. The van der Waals surface area contributed by atoms with Gasteiger partial charge in [-0.05, 0) is 18.1 Å². The molecule has 0 saturated heterocycles. The van der Waals surface area contributed by atoms with Gasteiger partial charge in [-0.2, -0.15) is 0 Å². The molecule has 7 heteroatoms. The number of nitro groups is 1. The molecule has 0 aliphatic carbocycles. The Kier molecular flexibility index (Phi) is 7.57. The van der Waals surface area contributed by atoms with E-state index in [2.05, 4.69) is 4.99 Å². The maximum atomic E-state index is 10.9. The maximum Gasteiger partial charge on any atom is 0.272 e. The number of thioether (sulfide) groups is 1. The van der Waals surface area contributed by atoms with E-state index >= 15 is 0 Å². The van der Waals surface area contributed by atoms with Crippen LogP contribution >= 0.6 is 24.2 Å². The highest BCUT2D eigenvalue weighted by atomic mass is 35.5. The van der Waals surface area contributed by atoms with Crippen LogP contribution in [0.25, 0.3) is 0 Å². The summed E-state index contributed by atoms with van der Waals surface area (Å²) in [6.45, 7) is 2.29. The van der Waals surface area contributed by atoms with Gasteiger partial charge in [0.25, 0.3) is 5.69 Å². The Bertz CT molecular complexity index is 693. The minimum absolute atomic E-state index is 0. The van der Waals surface area contributed by atoms with Crippen LogP contribution in [0.3, 0.4) is 0 Å². The molecule has 0 saturated carbocycles. The molecule has 0 heterocycles. The lowest BCUT2D eigenvalue weighted by molar-refractivity contribution is -0.385. The van der Waals surface area contributed by atoms with Crippen molar-refractivity contribution in [3.05, 3.63) is 75.3 Å². The van der Waals surface area contributed by atoms with Gasteiger partial charge in [0.2, 0.25) is 0 Å². The van der Waals surface area contributed by atoms with E-state index in [9.17, 15) is 10.1 Å². The molecular formula is C16H18ClN3O2S. The fraction of sp³-hybridized carbons (Fsp3) is 0.188. The van der Waals surface area contributed by atoms with Crippen LogP contribution < -0.4 is 5.73 Å². The molecular weight excluding hydrogens is 334 g/mol. The summed E-state index contributed by atoms with van der Waals surface area (Å²) in [5.41, 5.74) is 8.71. The molecule has 2 rings (SSSR count). The Hall–Kier alpha value is -2.05. The molecule has 0 aromatic heterocycles. The monoisotopic (exact) mass is 351 g/mol. The Morgan fingerprint density at radius 3 is 2.57 bits per heavy atom. The van der Waals surface area contributed by atoms with Gasteiger partial charge in [-0.25, -0.2) is 0 Å². The van der Waals surface area contributed by atoms with Gasteiger partial charge in [0.05, 0.1) is 11.5 Å². The molecule has 5 nitrogen and oxygen atoms in total. The summed E-state index contributed by atoms with van der Waals surface area (Å²) in [5, 5.41) is 11.4. The second kappa shape index (κ2) is 9.17. The largest absolute Gasteiger partial charge is 0.379 e. The molecule has 23 heavy (non-hydrogen) atoms. The fourth-order valence-electron chi connectivity index (χ4n) is 1.97. The minimum atomic E-state index is -0.365. The van der Waals surface area contributed by atoms with Gasteiger partial charge in [0, 0.05) is 17.4 Å². The molecule has 0 bridgehead atoms. The molecule has 0 unspecified atom stereocenters. The smallest absolute Gasteiger partial charge is 0.272 e. The van der Waals surface area contributed by atoms with Crippen LogP contribution in [-0.4, -0.2) is 10.1 Å². The van der Waals surface area contributed by atoms with Crippen molar-refractivity contribution in [1.29, 1.82) is 0 Å². The van der Waals surface area contributed by atoms with Crippen molar-refractivity contribution in [2.75, 3.05) is 0 Å². The molecule has 122 valence electrons. The van der Waals surface area contributed by atoms with Crippen molar-refractivity contribution < 1.29 is 4.92 Å². The average Bonchev–Trinajstić information content (AvgIpc) is 2.52. The zero-order valence-electron chi connectivity index (χ0n) is 12.6. The summed E-state index contributed by atoms with van der Waals surface area (Å²) in [4.78, 5) is 14.9. The third kappa shape index (κ3) is 5.58. The predicted molar refractivity (Wildman–Crippen MR) is 98.1 cm³/mol. The minimum Gasteiger partial charge on any atom is -0.379 e. The van der Waals surface area contributed by atoms with Gasteiger partial charge in [0.1, 0.15) is 0 Å². The van der Waals surface area contributed by atoms with Crippen LogP contribution in [0.2, 0.25) is 0 Å². The zero-order chi connectivity index (χ0) is 15.9. The van der Waals surface area contributed by atoms with E-state index < -0.39 is 0 Å². The summed E-state index contributed by atoms with van der Waals surface area (Å²) in [5.74, 6) is 0.567. The number of halogens is 1. The molecule has 2 N–H and O–H groups in total. The number of nitrogens with zero attached hydrogens (tertiary/aromatic N) is 2. The van der Waals surface area contributed by atoms with E-state index in [4.69, 9.17) is 5.73 Å². The number of hydrogen-bond acceptors (Lipinski definition) is 4. The van der Waals surface area contributed by atoms with Gasteiger partial charge in [-0.1, -0.05) is 54.2 Å². The Morgan fingerprint density at radius 1 is 1.22 bits per heavy atom. The Balaban J connectivity index is 0.00000264. The van der Waals surface area contributed by atoms with Crippen molar-refractivity contribution >= 4 is 35.0 Å². The third-order valence-electron chi connectivity index (χ3n) is 3.25. The number of benzene rings is 2. The number of rotatable bonds is 5. The van der Waals surface area contributed by atoms with Gasteiger partial charge in [0.15, 0.2) is 5.17 Å². The summed E-state index contributed by atoms with van der Waals surface area (Å²) < 4.78 is 0.